The number of H-pyrrole nitrogens is 1. The molecule has 2 heterocycles. The molecule has 0 atom stereocenters. The Labute approximate surface area is 182 Å². The lowest BCUT2D eigenvalue weighted by Crippen LogP contribution is -2.00. The molecule has 0 aliphatic rings. The molecule has 32 heavy (non-hydrogen) atoms. The van der Waals surface area contributed by atoms with Crippen molar-refractivity contribution in [1.29, 1.82) is 0 Å². The van der Waals surface area contributed by atoms with Crippen LogP contribution in [0.2, 0.25) is 0 Å². The number of para-hydroxylation sites is 1. The van der Waals surface area contributed by atoms with Crippen molar-refractivity contribution >= 4 is 29.9 Å². The molecule has 0 saturated carbocycles. The second-order valence-electron chi connectivity index (χ2n) is 7.25. The molecule has 0 amide bonds. The Morgan fingerprint density at radius 1 is 0.875 bits per heavy atom. The number of fused-ring (bicyclic) bond motifs is 1. The molecule has 0 aliphatic carbocycles. The van der Waals surface area contributed by atoms with Gasteiger partial charge in [-0.15, -0.1) is 0 Å². The Morgan fingerprint density at radius 3 is 2.38 bits per heavy atom. The molecule has 0 unspecified atom stereocenters. The molecule has 0 fully saturated rings. The van der Waals surface area contributed by atoms with Crippen LogP contribution < -0.4 is 5.50 Å². The van der Waals surface area contributed by atoms with E-state index in [9.17, 15) is 19.1 Å². The number of aromatic nitrogens is 2. The summed E-state index contributed by atoms with van der Waals surface area (Å²) in [5.41, 5.74) is 3.79. The number of furan rings is 1. The number of ketones is 1. The predicted molar refractivity (Wildman–Crippen MR) is 121 cm³/mol. The van der Waals surface area contributed by atoms with Gasteiger partial charge in [-0.3, -0.25) is 9.36 Å². The number of hydrogen-bond acceptors (Lipinski definition) is 4. The third-order valence-electron chi connectivity index (χ3n) is 5.10. The summed E-state index contributed by atoms with van der Waals surface area (Å²) < 4.78 is 16.7. The first kappa shape index (κ1) is 20.2. The maximum atomic E-state index is 12.9. The van der Waals surface area contributed by atoms with Crippen LogP contribution in [0, 0.1) is 0 Å². The van der Waals surface area contributed by atoms with Crippen LogP contribution in [-0.4, -0.2) is 25.5 Å². The van der Waals surface area contributed by atoms with E-state index in [2.05, 4.69) is 9.97 Å². The lowest BCUT2D eigenvalue weighted by molar-refractivity contribution is 0.103. The van der Waals surface area contributed by atoms with E-state index >= 15 is 0 Å². The van der Waals surface area contributed by atoms with Crippen LogP contribution in [0.4, 0.5) is 0 Å². The van der Waals surface area contributed by atoms with E-state index in [-0.39, 0.29) is 11.5 Å². The third kappa shape index (κ3) is 3.69. The summed E-state index contributed by atoms with van der Waals surface area (Å²) in [6.45, 7) is 0. The van der Waals surface area contributed by atoms with Gasteiger partial charge in [0.1, 0.15) is 0 Å². The van der Waals surface area contributed by atoms with Crippen molar-refractivity contribution in [1.82, 2.24) is 9.97 Å². The van der Waals surface area contributed by atoms with Crippen LogP contribution in [0.25, 0.3) is 33.7 Å². The van der Waals surface area contributed by atoms with Gasteiger partial charge in [0.2, 0.25) is 5.50 Å². The van der Waals surface area contributed by atoms with Crippen LogP contribution in [0.5, 0.6) is 0 Å². The summed E-state index contributed by atoms with van der Waals surface area (Å²) in [4.78, 5) is 39.2. The molecule has 0 aliphatic heterocycles. The zero-order chi connectivity index (χ0) is 22.3. The normalized spacial score (nSPS) is 11.7. The average molecular weight is 444 g/mol. The second kappa shape index (κ2) is 7.73. The van der Waals surface area contributed by atoms with Crippen molar-refractivity contribution in [3.05, 3.63) is 96.1 Å². The van der Waals surface area contributed by atoms with Gasteiger partial charge in [0.15, 0.2) is 17.4 Å². The smallest absolute Gasteiger partial charge is 0.391 e. The summed E-state index contributed by atoms with van der Waals surface area (Å²) in [5, 5.41) is 0. The minimum Gasteiger partial charge on any atom is -0.445 e. The first-order chi connectivity index (χ1) is 15.4. The number of carbonyl (C=O) groups excluding carboxylic acids is 1. The molecule has 5 rings (SSSR count). The van der Waals surface area contributed by atoms with Gasteiger partial charge in [0.05, 0.1) is 11.0 Å². The van der Waals surface area contributed by atoms with E-state index < -0.39 is 13.1 Å². The monoisotopic (exact) mass is 444 g/mol. The molecule has 0 saturated heterocycles. The SMILES string of the molecule is O=C(c1ccccc1)c1cccc(-c2cccc3[nH]c(-c4ccc(P(=O)(O)O)o4)nc23)c1. The van der Waals surface area contributed by atoms with Crippen molar-refractivity contribution in [3.8, 4) is 22.7 Å². The van der Waals surface area contributed by atoms with Gasteiger partial charge in [0.25, 0.3) is 0 Å². The fraction of sp³-hybridized carbons (Fsp3) is 0. The fourth-order valence-electron chi connectivity index (χ4n) is 3.58. The van der Waals surface area contributed by atoms with Crippen molar-refractivity contribution in [2.45, 2.75) is 0 Å². The molecule has 8 heteroatoms. The van der Waals surface area contributed by atoms with Crippen LogP contribution in [0.1, 0.15) is 15.9 Å². The number of carbonyl (C=O) groups is 1. The van der Waals surface area contributed by atoms with Gasteiger partial charge in [-0.2, -0.15) is 0 Å². The van der Waals surface area contributed by atoms with E-state index in [1.807, 2.05) is 54.6 Å². The Balaban J connectivity index is 1.56. The van der Waals surface area contributed by atoms with Crippen LogP contribution >= 0.6 is 7.60 Å². The number of rotatable bonds is 5. The van der Waals surface area contributed by atoms with Crippen LogP contribution in [0.15, 0.2) is 89.3 Å². The first-order valence-electron chi connectivity index (χ1n) is 9.75. The van der Waals surface area contributed by atoms with Crippen molar-refractivity contribution in [2.24, 2.45) is 0 Å². The zero-order valence-electron chi connectivity index (χ0n) is 16.6. The Morgan fingerprint density at radius 2 is 1.62 bits per heavy atom. The van der Waals surface area contributed by atoms with E-state index in [4.69, 9.17) is 4.42 Å². The standard InChI is InChI=1S/C24H17N2O5P/c27-23(15-6-2-1-3-7-15)17-9-4-8-16(14-17)18-10-5-11-19-22(18)26-24(25-19)20-12-13-21(31-20)32(28,29)30/h1-14H,(H,25,26)(H2,28,29,30). The topological polar surface area (TPSA) is 116 Å². The molecule has 7 nitrogen and oxygen atoms in total. The molecule has 2 aromatic heterocycles. The zero-order valence-corrected chi connectivity index (χ0v) is 17.5. The Bertz CT molecular complexity index is 1500. The number of nitrogens with zero attached hydrogens (tertiary/aromatic N) is 1. The highest BCUT2D eigenvalue weighted by molar-refractivity contribution is 7.59. The molecule has 0 spiro atoms. The first-order valence-corrected chi connectivity index (χ1v) is 11.4. The van der Waals surface area contributed by atoms with Gasteiger partial charge in [0, 0.05) is 16.7 Å². The fourth-order valence-corrected chi connectivity index (χ4v) is 4.06. The van der Waals surface area contributed by atoms with Gasteiger partial charge in [-0.05, 0) is 29.8 Å². The van der Waals surface area contributed by atoms with Crippen LogP contribution in [0.3, 0.4) is 0 Å². The summed E-state index contributed by atoms with van der Waals surface area (Å²) in [6.07, 6.45) is 0. The highest BCUT2D eigenvalue weighted by Gasteiger charge is 2.23. The quantitative estimate of drug-likeness (QED) is 0.271. The molecule has 5 aromatic rings. The van der Waals surface area contributed by atoms with E-state index in [0.29, 0.717) is 22.5 Å². The maximum absolute atomic E-state index is 12.9. The Kier molecular flexibility index (Phi) is 4.87. The lowest BCUT2D eigenvalue weighted by Gasteiger charge is -2.06. The number of imidazole rings is 1. The molecule has 158 valence electrons. The summed E-state index contributed by atoms with van der Waals surface area (Å²) in [6, 6.07) is 24.8. The minimum atomic E-state index is -4.49. The van der Waals surface area contributed by atoms with E-state index in [0.717, 1.165) is 16.6 Å². The summed E-state index contributed by atoms with van der Waals surface area (Å²) in [5.74, 6) is 0.505. The largest absolute Gasteiger partial charge is 0.445 e. The molecule has 3 aromatic carbocycles. The van der Waals surface area contributed by atoms with Gasteiger partial charge in [-0.25, -0.2) is 4.98 Å². The number of nitrogens with one attached hydrogen (secondary N) is 1. The molecular formula is C24H17N2O5P. The predicted octanol–water partition coefficient (Wildman–Crippen LogP) is 4.52. The second-order valence-corrected chi connectivity index (χ2v) is 8.77. The highest BCUT2D eigenvalue weighted by atomic mass is 31.2. The van der Waals surface area contributed by atoms with Crippen molar-refractivity contribution < 1.29 is 23.6 Å². The van der Waals surface area contributed by atoms with Crippen LogP contribution in [-0.2, 0) is 4.57 Å². The average Bonchev–Trinajstić information content (AvgIpc) is 3.46. The van der Waals surface area contributed by atoms with E-state index in [1.165, 1.54) is 12.1 Å². The molecule has 0 bridgehead atoms. The Hall–Kier alpha value is -3.77. The van der Waals surface area contributed by atoms with Gasteiger partial charge < -0.3 is 19.2 Å². The lowest BCUT2D eigenvalue weighted by atomic mass is 9.97. The highest BCUT2D eigenvalue weighted by Crippen LogP contribution is 2.36. The van der Waals surface area contributed by atoms with E-state index in [1.54, 1.807) is 18.2 Å². The van der Waals surface area contributed by atoms with Gasteiger partial charge in [-0.1, -0.05) is 60.7 Å². The number of hydrogen-bond donors (Lipinski definition) is 3. The van der Waals surface area contributed by atoms with Gasteiger partial charge >= 0.3 is 7.60 Å². The van der Waals surface area contributed by atoms with Crippen molar-refractivity contribution in [2.75, 3.05) is 0 Å². The number of benzene rings is 3. The summed E-state index contributed by atoms with van der Waals surface area (Å²) in [7, 11) is -4.49. The summed E-state index contributed by atoms with van der Waals surface area (Å²) >= 11 is 0. The minimum absolute atomic E-state index is 0.0668. The maximum Gasteiger partial charge on any atom is 0.391 e. The molecular weight excluding hydrogens is 427 g/mol. The third-order valence-corrected chi connectivity index (χ3v) is 5.91. The van der Waals surface area contributed by atoms with Crippen molar-refractivity contribution in [3.63, 3.8) is 0 Å². The molecule has 0 radical (unpaired) electrons. The molecule has 3 N–H and O–H groups in total. The number of aromatic amines is 1.